The van der Waals surface area contributed by atoms with Crippen molar-refractivity contribution in [2.45, 2.75) is 13.3 Å². The number of rotatable bonds is 5. The molecule has 0 atom stereocenters. The summed E-state index contributed by atoms with van der Waals surface area (Å²) >= 11 is 3.05. The number of carbonyl (C=O) groups is 2. The average molecular weight is 252 g/mol. The normalized spacial score (nSPS) is 9.46. The van der Waals surface area contributed by atoms with Gasteiger partial charge >= 0.3 is 6.09 Å². The first-order valence-electron chi connectivity index (χ1n) is 4.07. The van der Waals surface area contributed by atoms with Gasteiger partial charge in [0, 0.05) is 20.0 Å². The molecule has 5 heteroatoms. The molecule has 4 nitrogen and oxygen atoms in total. The molecule has 0 fully saturated rings. The Balaban J connectivity index is 3.67. The molecule has 0 radical (unpaired) electrons. The third kappa shape index (κ3) is 5.63. The van der Waals surface area contributed by atoms with Gasteiger partial charge < -0.3 is 9.64 Å². The van der Waals surface area contributed by atoms with Crippen molar-refractivity contribution in [3.05, 3.63) is 0 Å². The molecule has 0 unspecified atom stereocenters. The van der Waals surface area contributed by atoms with Gasteiger partial charge in [-0.25, -0.2) is 4.79 Å². The summed E-state index contributed by atoms with van der Waals surface area (Å²) in [6, 6.07) is 0. The SMILES string of the molecule is CCOC(=O)N(C)CCC(=O)CBr. The van der Waals surface area contributed by atoms with Gasteiger partial charge in [0.25, 0.3) is 0 Å². The number of ketones is 1. The molecule has 0 heterocycles. The Kier molecular flexibility index (Phi) is 6.58. The van der Waals surface area contributed by atoms with Gasteiger partial charge in [-0.15, -0.1) is 0 Å². The average Bonchev–Trinajstić information content (AvgIpc) is 2.13. The minimum absolute atomic E-state index is 0.0798. The third-order valence-corrected chi connectivity index (χ3v) is 2.08. The minimum atomic E-state index is -0.384. The number of alkyl halides is 1. The Hall–Kier alpha value is -0.580. The molecule has 1 amide bonds. The van der Waals surface area contributed by atoms with E-state index in [0.717, 1.165) is 0 Å². The first-order chi connectivity index (χ1) is 6.11. The molecular formula is C8H14BrNO3. The summed E-state index contributed by atoms with van der Waals surface area (Å²) in [5.41, 5.74) is 0. The molecule has 0 spiro atoms. The van der Waals surface area contributed by atoms with Crippen molar-refractivity contribution in [2.75, 3.05) is 25.5 Å². The van der Waals surface area contributed by atoms with Crippen molar-refractivity contribution in [2.24, 2.45) is 0 Å². The second-order valence-corrected chi connectivity index (χ2v) is 3.10. The summed E-state index contributed by atoms with van der Waals surface area (Å²) in [7, 11) is 1.61. The van der Waals surface area contributed by atoms with Crippen LogP contribution in [-0.4, -0.2) is 42.3 Å². The number of hydrogen-bond acceptors (Lipinski definition) is 3. The lowest BCUT2D eigenvalue weighted by Gasteiger charge is -2.15. The van der Waals surface area contributed by atoms with Gasteiger partial charge in [-0.05, 0) is 6.92 Å². The van der Waals surface area contributed by atoms with E-state index in [0.29, 0.717) is 24.9 Å². The summed E-state index contributed by atoms with van der Waals surface area (Å²) < 4.78 is 4.73. The van der Waals surface area contributed by atoms with E-state index in [1.807, 2.05) is 0 Å². The predicted octanol–water partition coefficient (Wildman–Crippen LogP) is 1.43. The van der Waals surface area contributed by atoms with E-state index in [2.05, 4.69) is 15.9 Å². The van der Waals surface area contributed by atoms with Crippen LogP contribution in [0.15, 0.2) is 0 Å². The zero-order valence-electron chi connectivity index (χ0n) is 7.88. The van der Waals surface area contributed by atoms with E-state index < -0.39 is 0 Å². The summed E-state index contributed by atoms with van der Waals surface area (Å²) in [4.78, 5) is 23.3. The van der Waals surface area contributed by atoms with Crippen LogP contribution in [0.2, 0.25) is 0 Å². The Morgan fingerprint density at radius 1 is 1.46 bits per heavy atom. The van der Waals surface area contributed by atoms with Crippen LogP contribution in [0.3, 0.4) is 0 Å². The monoisotopic (exact) mass is 251 g/mol. The Bertz CT molecular complexity index is 184. The van der Waals surface area contributed by atoms with Crippen LogP contribution in [-0.2, 0) is 9.53 Å². The molecule has 0 aliphatic carbocycles. The number of amides is 1. The fourth-order valence-electron chi connectivity index (χ4n) is 0.684. The van der Waals surface area contributed by atoms with E-state index in [1.54, 1.807) is 14.0 Å². The molecule has 0 aromatic rings. The highest BCUT2D eigenvalue weighted by molar-refractivity contribution is 9.09. The van der Waals surface area contributed by atoms with Crippen molar-refractivity contribution < 1.29 is 14.3 Å². The van der Waals surface area contributed by atoms with Crippen LogP contribution in [0, 0.1) is 0 Å². The van der Waals surface area contributed by atoms with E-state index in [1.165, 1.54) is 4.90 Å². The second kappa shape index (κ2) is 6.88. The highest BCUT2D eigenvalue weighted by atomic mass is 79.9. The van der Waals surface area contributed by atoms with E-state index in [9.17, 15) is 9.59 Å². The quantitative estimate of drug-likeness (QED) is 0.695. The number of ether oxygens (including phenoxy) is 1. The van der Waals surface area contributed by atoms with Gasteiger partial charge in [0.2, 0.25) is 0 Å². The fourth-order valence-corrected chi connectivity index (χ4v) is 0.965. The van der Waals surface area contributed by atoms with Gasteiger partial charge in [0.1, 0.15) is 5.78 Å². The molecule has 0 saturated carbocycles. The molecule has 0 aromatic carbocycles. The minimum Gasteiger partial charge on any atom is -0.450 e. The van der Waals surface area contributed by atoms with E-state index in [-0.39, 0.29) is 11.9 Å². The van der Waals surface area contributed by atoms with Crippen LogP contribution in [0.1, 0.15) is 13.3 Å². The standard InChI is InChI=1S/C8H14BrNO3/c1-3-13-8(12)10(2)5-4-7(11)6-9/h3-6H2,1-2H3. The number of Topliss-reactive ketones (excluding diaryl/α,β-unsaturated/α-hetero) is 1. The maximum absolute atomic E-state index is 11.0. The van der Waals surface area contributed by atoms with Gasteiger partial charge in [-0.3, -0.25) is 4.79 Å². The molecular weight excluding hydrogens is 238 g/mol. The molecule has 0 rings (SSSR count). The van der Waals surface area contributed by atoms with Crippen molar-refractivity contribution in [1.29, 1.82) is 0 Å². The van der Waals surface area contributed by atoms with Gasteiger partial charge in [0.05, 0.1) is 11.9 Å². The van der Waals surface area contributed by atoms with Crippen molar-refractivity contribution >= 4 is 27.8 Å². The summed E-state index contributed by atoms with van der Waals surface area (Å²) in [6.07, 6.45) is -0.0227. The van der Waals surface area contributed by atoms with Gasteiger partial charge in [-0.1, -0.05) is 15.9 Å². The summed E-state index contributed by atoms with van der Waals surface area (Å²) in [5.74, 6) is 0.0798. The number of halogens is 1. The summed E-state index contributed by atoms with van der Waals surface area (Å²) in [5, 5.41) is 0.337. The first-order valence-corrected chi connectivity index (χ1v) is 5.19. The molecule has 13 heavy (non-hydrogen) atoms. The van der Waals surface area contributed by atoms with Crippen molar-refractivity contribution in [3.63, 3.8) is 0 Å². The van der Waals surface area contributed by atoms with E-state index >= 15 is 0 Å². The molecule has 0 N–H and O–H groups in total. The van der Waals surface area contributed by atoms with Crippen LogP contribution in [0.5, 0.6) is 0 Å². The lowest BCUT2D eigenvalue weighted by atomic mass is 10.3. The van der Waals surface area contributed by atoms with E-state index in [4.69, 9.17) is 4.74 Å². The molecule has 0 aromatic heterocycles. The molecule has 76 valence electrons. The molecule has 0 saturated heterocycles. The molecule has 0 bridgehead atoms. The Labute approximate surface area is 86.4 Å². The van der Waals surface area contributed by atoms with Crippen LogP contribution < -0.4 is 0 Å². The highest BCUT2D eigenvalue weighted by Crippen LogP contribution is 1.95. The molecule has 0 aliphatic rings. The summed E-state index contributed by atoms with van der Waals surface area (Å²) in [6.45, 7) is 2.51. The zero-order chi connectivity index (χ0) is 10.3. The van der Waals surface area contributed by atoms with Gasteiger partial charge in [0.15, 0.2) is 0 Å². The Morgan fingerprint density at radius 2 is 2.08 bits per heavy atom. The topological polar surface area (TPSA) is 46.6 Å². The third-order valence-electron chi connectivity index (χ3n) is 1.45. The Morgan fingerprint density at radius 3 is 2.54 bits per heavy atom. The number of hydrogen-bond donors (Lipinski definition) is 0. The highest BCUT2D eigenvalue weighted by Gasteiger charge is 2.09. The van der Waals surface area contributed by atoms with Crippen LogP contribution in [0.25, 0.3) is 0 Å². The van der Waals surface area contributed by atoms with Gasteiger partial charge in [-0.2, -0.15) is 0 Å². The fraction of sp³-hybridized carbons (Fsp3) is 0.750. The lowest BCUT2D eigenvalue weighted by molar-refractivity contribution is -0.116. The van der Waals surface area contributed by atoms with Crippen LogP contribution in [0.4, 0.5) is 4.79 Å². The number of carbonyl (C=O) groups excluding carboxylic acids is 2. The largest absolute Gasteiger partial charge is 0.450 e. The van der Waals surface area contributed by atoms with Crippen molar-refractivity contribution in [1.82, 2.24) is 4.90 Å². The predicted molar refractivity (Wildman–Crippen MR) is 53.1 cm³/mol. The number of nitrogens with zero attached hydrogens (tertiary/aromatic N) is 1. The zero-order valence-corrected chi connectivity index (χ0v) is 9.46. The molecule has 0 aliphatic heterocycles. The van der Waals surface area contributed by atoms with Crippen molar-refractivity contribution in [3.8, 4) is 0 Å². The lowest BCUT2D eigenvalue weighted by Crippen LogP contribution is -2.29. The smallest absolute Gasteiger partial charge is 0.409 e. The maximum atomic E-state index is 11.0. The maximum Gasteiger partial charge on any atom is 0.409 e. The van der Waals surface area contributed by atoms with Crippen LogP contribution >= 0.6 is 15.9 Å². The first kappa shape index (κ1) is 12.4. The second-order valence-electron chi connectivity index (χ2n) is 2.54.